The number of pyridine rings is 2. The molecule has 3 heteroatoms. The summed E-state index contributed by atoms with van der Waals surface area (Å²) >= 11 is 1.78. The first kappa shape index (κ1) is 16.4. The molecule has 3 aromatic carbocycles. The van der Waals surface area contributed by atoms with Gasteiger partial charge in [-0.05, 0) is 46.7 Å². The molecule has 0 amide bonds. The molecule has 0 N–H and O–H groups in total. The van der Waals surface area contributed by atoms with Gasteiger partial charge in [0.25, 0.3) is 0 Å². The van der Waals surface area contributed by atoms with E-state index >= 15 is 0 Å². The van der Waals surface area contributed by atoms with E-state index in [0.717, 1.165) is 16.8 Å². The van der Waals surface area contributed by atoms with Crippen molar-refractivity contribution >= 4 is 43.1 Å². The maximum absolute atomic E-state index is 4.81. The molecule has 29 heavy (non-hydrogen) atoms. The van der Waals surface area contributed by atoms with E-state index in [1.54, 1.807) is 11.3 Å². The maximum Gasteiger partial charge on any atom is 0.0802 e. The standard InChI is InChI=1S/C26H16N2S/c1-2-6-22-17(5-1)8-11-20-13-21(16-28-26(20)22)18-9-10-19-15-25(29-24(19)14-18)23-7-3-4-12-27-23/h1-16H. The van der Waals surface area contributed by atoms with Gasteiger partial charge in [0.05, 0.1) is 16.1 Å². The summed E-state index contributed by atoms with van der Waals surface area (Å²) in [5.41, 5.74) is 4.41. The van der Waals surface area contributed by atoms with Crippen molar-refractivity contribution in [2.45, 2.75) is 0 Å². The van der Waals surface area contributed by atoms with Gasteiger partial charge < -0.3 is 0 Å². The Morgan fingerprint density at radius 1 is 0.621 bits per heavy atom. The Labute approximate surface area is 172 Å². The molecule has 136 valence electrons. The Bertz CT molecular complexity index is 1500. The summed E-state index contributed by atoms with van der Waals surface area (Å²) in [6, 6.07) is 29.9. The summed E-state index contributed by atoms with van der Waals surface area (Å²) in [7, 11) is 0. The second-order valence-corrected chi connectivity index (χ2v) is 8.24. The van der Waals surface area contributed by atoms with Crippen molar-refractivity contribution in [2.24, 2.45) is 0 Å². The van der Waals surface area contributed by atoms with Crippen LogP contribution in [-0.2, 0) is 0 Å². The van der Waals surface area contributed by atoms with Gasteiger partial charge >= 0.3 is 0 Å². The van der Waals surface area contributed by atoms with Gasteiger partial charge in [0, 0.05) is 33.4 Å². The quantitative estimate of drug-likeness (QED) is 0.290. The van der Waals surface area contributed by atoms with Crippen LogP contribution in [0.3, 0.4) is 0 Å². The van der Waals surface area contributed by atoms with Gasteiger partial charge in [0.2, 0.25) is 0 Å². The highest BCUT2D eigenvalue weighted by atomic mass is 32.1. The fourth-order valence-corrected chi connectivity index (χ4v) is 4.95. The molecule has 2 nitrogen and oxygen atoms in total. The van der Waals surface area contributed by atoms with Crippen LogP contribution in [0, 0.1) is 0 Å². The zero-order chi connectivity index (χ0) is 19.2. The van der Waals surface area contributed by atoms with E-state index in [-0.39, 0.29) is 0 Å². The molecule has 0 spiro atoms. The van der Waals surface area contributed by atoms with Crippen molar-refractivity contribution in [1.29, 1.82) is 0 Å². The van der Waals surface area contributed by atoms with Crippen molar-refractivity contribution in [3.8, 4) is 21.7 Å². The van der Waals surface area contributed by atoms with Crippen molar-refractivity contribution in [3.63, 3.8) is 0 Å². The average Bonchev–Trinajstić information content (AvgIpc) is 3.23. The SMILES string of the molecule is c1ccc(-c2cc3ccc(-c4cnc5c(ccc6ccccc65)c4)cc3s2)nc1. The lowest BCUT2D eigenvalue weighted by molar-refractivity contribution is 1.34. The molecule has 6 aromatic rings. The molecule has 3 aromatic heterocycles. The van der Waals surface area contributed by atoms with E-state index < -0.39 is 0 Å². The second kappa shape index (κ2) is 6.50. The van der Waals surface area contributed by atoms with Gasteiger partial charge in [-0.3, -0.25) is 9.97 Å². The Hall–Kier alpha value is -3.56. The summed E-state index contributed by atoms with van der Waals surface area (Å²) in [4.78, 5) is 10.5. The number of hydrogen-bond donors (Lipinski definition) is 0. The summed E-state index contributed by atoms with van der Waals surface area (Å²) in [5, 5.41) is 4.84. The molecular formula is C26H16N2S. The van der Waals surface area contributed by atoms with Gasteiger partial charge in [-0.25, -0.2) is 0 Å². The Kier molecular flexibility index (Phi) is 3.68. The highest BCUT2D eigenvalue weighted by Crippen LogP contribution is 2.35. The van der Waals surface area contributed by atoms with Crippen molar-refractivity contribution in [3.05, 3.63) is 97.3 Å². The smallest absolute Gasteiger partial charge is 0.0802 e. The lowest BCUT2D eigenvalue weighted by Crippen LogP contribution is -1.85. The lowest BCUT2D eigenvalue weighted by atomic mass is 10.0. The van der Waals surface area contributed by atoms with E-state index in [1.165, 1.54) is 36.7 Å². The Balaban J connectivity index is 1.47. The topological polar surface area (TPSA) is 25.8 Å². The average molecular weight is 388 g/mol. The fourth-order valence-electron chi connectivity index (χ4n) is 3.87. The summed E-state index contributed by atoms with van der Waals surface area (Å²) in [6.45, 7) is 0. The molecule has 0 bridgehead atoms. The number of fused-ring (bicyclic) bond motifs is 4. The number of thiophene rings is 1. The lowest BCUT2D eigenvalue weighted by Gasteiger charge is -2.06. The first-order chi connectivity index (χ1) is 14.3. The van der Waals surface area contributed by atoms with E-state index in [2.05, 4.69) is 77.8 Å². The monoisotopic (exact) mass is 388 g/mol. The van der Waals surface area contributed by atoms with Crippen LogP contribution in [0.15, 0.2) is 97.3 Å². The van der Waals surface area contributed by atoms with Crippen LogP contribution in [0.2, 0.25) is 0 Å². The van der Waals surface area contributed by atoms with Crippen LogP contribution >= 0.6 is 11.3 Å². The highest BCUT2D eigenvalue weighted by molar-refractivity contribution is 7.22. The maximum atomic E-state index is 4.81. The summed E-state index contributed by atoms with van der Waals surface area (Å²) in [6.07, 6.45) is 3.83. The first-order valence-electron chi connectivity index (χ1n) is 9.58. The van der Waals surface area contributed by atoms with E-state index in [1.807, 2.05) is 24.5 Å². The van der Waals surface area contributed by atoms with Gasteiger partial charge in [-0.15, -0.1) is 11.3 Å². The minimum Gasteiger partial charge on any atom is -0.255 e. The fraction of sp³-hybridized carbons (Fsp3) is 0. The molecule has 0 radical (unpaired) electrons. The number of rotatable bonds is 2. The largest absolute Gasteiger partial charge is 0.255 e. The molecule has 0 aliphatic heterocycles. The summed E-state index contributed by atoms with van der Waals surface area (Å²) in [5.74, 6) is 0. The predicted molar refractivity (Wildman–Crippen MR) is 123 cm³/mol. The first-order valence-corrected chi connectivity index (χ1v) is 10.4. The van der Waals surface area contributed by atoms with Gasteiger partial charge in [0.1, 0.15) is 0 Å². The molecule has 0 unspecified atom stereocenters. The van der Waals surface area contributed by atoms with Gasteiger partial charge in [0.15, 0.2) is 0 Å². The Morgan fingerprint density at radius 3 is 2.41 bits per heavy atom. The molecule has 6 rings (SSSR count). The minimum absolute atomic E-state index is 1.02. The normalized spacial score (nSPS) is 11.4. The van der Waals surface area contributed by atoms with E-state index in [4.69, 9.17) is 4.98 Å². The molecule has 0 aliphatic rings. The van der Waals surface area contributed by atoms with Crippen molar-refractivity contribution in [1.82, 2.24) is 9.97 Å². The minimum atomic E-state index is 1.02. The van der Waals surface area contributed by atoms with Crippen molar-refractivity contribution in [2.75, 3.05) is 0 Å². The third kappa shape index (κ3) is 2.79. The van der Waals surface area contributed by atoms with Crippen LogP contribution in [-0.4, -0.2) is 9.97 Å². The van der Waals surface area contributed by atoms with Crippen LogP contribution in [0.25, 0.3) is 53.5 Å². The van der Waals surface area contributed by atoms with Crippen LogP contribution in [0.4, 0.5) is 0 Å². The molecule has 0 atom stereocenters. The van der Waals surface area contributed by atoms with Crippen LogP contribution in [0.5, 0.6) is 0 Å². The van der Waals surface area contributed by atoms with Gasteiger partial charge in [-0.1, -0.05) is 54.6 Å². The number of hydrogen-bond acceptors (Lipinski definition) is 3. The highest BCUT2D eigenvalue weighted by Gasteiger charge is 2.08. The van der Waals surface area contributed by atoms with Crippen LogP contribution < -0.4 is 0 Å². The van der Waals surface area contributed by atoms with E-state index in [0.29, 0.717) is 0 Å². The molecule has 0 fully saturated rings. The predicted octanol–water partition coefficient (Wildman–Crippen LogP) is 7.33. The number of benzene rings is 3. The van der Waals surface area contributed by atoms with Gasteiger partial charge in [-0.2, -0.15) is 0 Å². The molecule has 0 saturated carbocycles. The zero-order valence-electron chi connectivity index (χ0n) is 15.5. The molecule has 0 aliphatic carbocycles. The van der Waals surface area contributed by atoms with Crippen molar-refractivity contribution < 1.29 is 0 Å². The third-order valence-electron chi connectivity index (χ3n) is 5.35. The molecular weight excluding hydrogens is 372 g/mol. The Morgan fingerprint density at radius 2 is 1.48 bits per heavy atom. The second-order valence-electron chi connectivity index (χ2n) is 7.16. The van der Waals surface area contributed by atoms with E-state index in [9.17, 15) is 0 Å². The number of nitrogens with zero attached hydrogens (tertiary/aromatic N) is 2. The third-order valence-corrected chi connectivity index (χ3v) is 6.47. The zero-order valence-corrected chi connectivity index (χ0v) is 16.4. The number of aromatic nitrogens is 2. The molecule has 3 heterocycles. The summed E-state index contributed by atoms with van der Waals surface area (Å²) < 4.78 is 1.27. The van der Waals surface area contributed by atoms with Crippen LogP contribution in [0.1, 0.15) is 0 Å². The molecule has 0 saturated heterocycles.